The van der Waals surface area contributed by atoms with Crippen LogP contribution >= 0.6 is 12.3 Å². The van der Waals surface area contributed by atoms with Gasteiger partial charge in [-0.05, 0) is 54.7 Å². The van der Waals surface area contributed by atoms with Crippen molar-refractivity contribution < 1.29 is 22.7 Å². The molecule has 9 nitrogen and oxygen atoms in total. The summed E-state index contributed by atoms with van der Waals surface area (Å²) >= 11 is -0.403. The number of carbonyl (C=O) groups excluding carboxylic acids is 3. The summed E-state index contributed by atoms with van der Waals surface area (Å²) in [4.78, 5) is 38.8. The molecule has 1 spiro atoms. The molecule has 11 heteroatoms. The maximum Gasteiger partial charge on any atom is 0.315 e. The van der Waals surface area contributed by atoms with Gasteiger partial charge in [0, 0.05) is 31.0 Å². The standard InChI is InChI=1S/C23H24FN5O4S/c24-34-29-18(30)5-4-17(21(29)32)28-12-14-3-2-13(8-16(14)20(28)31)11-25-22-27-26-19(33-22)15-9-23(10-15)6-1-7-23/h2-3,8,15,17H,1,4-7,9-12H2,(H,25,27). The van der Waals surface area contributed by atoms with Gasteiger partial charge in [-0.2, -0.15) is 4.31 Å². The van der Waals surface area contributed by atoms with Crippen LogP contribution in [0.3, 0.4) is 0 Å². The Hall–Kier alpha value is -2.95. The molecule has 3 fully saturated rings. The molecule has 1 unspecified atom stereocenters. The predicted molar refractivity (Wildman–Crippen MR) is 120 cm³/mol. The molecule has 3 amide bonds. The summed E-state index contributed by atoms with van der Waals surface area (Å²) < 4.78 is 19.4. The lowest BCUT2D eigenvalue weighted by Gasteiger charge is -2.53. The second kappa shape index (κ2) is 8.07. The number of carbonyl (C=O) groups is 3. The normalized spacial score (nSPS) is 23.8. The van der Waals surface area contributed by atoms with Gasteiger partial charge in [0.25, 0.3) is 11.8 Å². The number of nitrogens with one attached hydrogen (secondary N) is 1. The van der Waals surface area contributed by atoms with E-state index in [9.17, 15) is 18.3 Å². The Balaban J connectivity index is 1.09. The van der Waals surface area contributed by atoms with Crippen molar-refractivity contribution in [3.8, 4) is 0 Å². The molecule has 34 heavy (non-hydrogen) atoms. The van der Waals surface area contributed by atoms with E-state index in [0.717, 1.165) is 24.0 Å². The molecule has 0 radical (unpaired) electrons. The topological polar surface area (TPSA) is 109 Å². The molecule has 2 saturated carbocycles. The van der Waals surface area contributed by atoms with Crippen LogP contribution in [0.5, 0.6) is 0 Å². The molecule has 1 N–H and O–H groups in total. The van der Waals surface area contributed by atoms with Gasteiger partial charge in [-0.15, -0.1) is 8.98 Å². The van der Waals surface area contributed by atoms with E-state index in [1.807, 2.05) is 12.1 Å². The molecule has 4 aliphatic rings. The first-order valence-electron chi connectivity index (χ1n) is 11.6. The molecule has 0 bridgehead atoms. The number of rotatable bonds is 6. The predicted octanol–water partition coefficient (Wildman–Crippen LogP) is 3.74. The maximum atomic E-state index is 13.1. The Morgan fingerprint density at radius 1 is 1.21 bits per heavy atom. The molecule has 1 aromatic heterocycles. The van der Waals surface area contributed by atoms with Crippen molar-refractivity contribution in [2.24, 2.45) is 5.41 Å². The summed E-state index contributed by atoms with van der Waals surface area (Å²) in [6, 6.07) is 5.07. The smallest absolute Gasteiger partial charge is 0.315 e. The number of hydrogen-bond acceptors (Lipinski definition) is 8. The number of nitrogens with zero attached hydrogens (tertiary/aromatic N) is 4. The van der Waals surface area contributed by atoms with Gasteiger partial charge >= 0.3 is 6.01 Å². The van der Waals surface area contributed by atoms with Crippen LogP contribution in [0, 0.1) is 5.41 Å². The first kappa shape index (κ1) is 21.6. The number of hydrogen-bond donors (Lipinski definition) is 1. The van der Waals surface area contributed by atoms with Crippen molar-refractivity contribution in [3.05, 3.63) is 40.8 Å². The Kier molecular flexibility index (Phi) is 5.12. The van der Waals surface area contributed by atoms with Crippen LogP contribution in [0.1, 0.15) is 78.2 Å². The highest BCUT2D eigenvalue weighted by Crippen LogP contribution is 2.61. The summed E-state index contributed by atoms with van der Waals surface area (Å²) in [5, 5.41) is 11.4. The van der Waals surface area contributed by atoms with Crippen LogP contribution in [-0.4, -0.2) is 43.2 Å². The lowest BCUT2D eigenvalue weighted by Crippen LogP contribution is -2.51. The zero-order valence-electron chi connectivity index (χ0n) is 18.5. The third-order valence-corrected chi connectivity index (χ3v) is 8.32. The van der Waals surface area contributed by atoms with Gasteiger partial charge in [-0.3, -0.25) is 14.4 Å². The highest BCUT2D eigenvalue weighted by atomic mass is 32.2. The molecule has 3 heterocycles. The highest BCUT2D eigenvalue weighted by molar-refractivity contribution is 7.93. The summed E-state index contributed by atoms with van der Waals surface area (Å²) in [7, 11) is 0. The molecular formula is C23H24FN5O4S. The first-order chi connectivity index (χ1) is 16.5. The van der Waals surface area contributed by atoms with Gasteiger partial charge in [-0.1, -0.05) is 23.7 Å². The number of halogens is 1. The van der Waals surface area contributed by atoms with E-state index in [-0.39, 0.29) is 25.3 Å². The molecule has 1 atom stereocenters. The highest BCUT2D eigenvalue weighted by Gasteiger charge is 2.50. The van der Waals surface area contributed by atoms with Crippen molar-refractivity contribution in [1.82, 2.24) is 19.4 Å². The molecule has 6 rings (SSSR count). The zero-order valence-corrected chi connectivity index (χ0v) is 19.3. The van der Waals surface area contributed by atoms with Crippen molar-refractivity contribution in [2.75, 3.05) is 5.32 Å². The fourth-order valence-electron chi connectivity index (χ4n) is 5.73. The number of imide groups is 1. The summed E-state index contributed by atoms with van der Waals surface area (Å²) in [6.45, 7) is 0.660. The maximum absolute atomic E-state index is 13.1. The van der Waals surface area contributed by atoms with Crippen LogP contribution in [0.2, 0.25) is 0 Å². The molecule has 2 aliphatic heterocycles. The monoisotopic (exact) mass is 485 g/mol. The number of anilines is 1. The van der Waals surface area contributed by atoms with E-state index in [1.54, 1.807) is 6.07 Å². The Morgan fingerprint density at radius 3 is 2.76 bits per heavy atom. The quantitative estimate of drug-likeness (QED) is 0.487. The van der Waals surface area contributed by atoms with E-state index in [1.165, 1.54) is 24.2 Å². The fraction of sp³-hybridized carbons (Fsp3) is 0.522. The van der Waals surface area contributed by atoms with E-state index in [4.69, 9.17) is 4.42 Å². The Morgan fingerprint density at radius 2 is 2.03 bits per heavy atom. The lowest BCUT2D eigenvalue weighted by molar-refractivity contribution is -0.145. The molecule has 1 aromatic carbocycles. The number of fused-ring (bicyclic) bond motifs is 1. The number of amides is 3. The molecule has 1 saturated heterocycles. The van der Waals surface area contributed by atoms with Gasteiger partial charge in [-0.25, -0.2) is 0 Å². The number of benzene rings is 1. The van der Waals surface area contributed by atoms with Gasteiger partial charge in [0.1, 0.15) is 6.04 Å². The average Bonchev–Trinajstić information content (AvgIpc) is 3.36. The summed E-state index contributed by atoms with van der Waals surface area (Å²) in [5.41, 5.74) is 2.71. The summed E-state index contributed by atoms with van der Waals surface area (Å²) in [6.07, 6.45) is 6.46. The largest absolute Gasteiger partial charge is 0.408 e. The van der Waals surface area contributed by atoms with Crippen molar-refractivity contribution >= 4 is 36.1 Å². The van der Waals surface area contributed by atoms with Gasteiger partial charge < -0.3 is 14.6 Å². The van der Waals surface area contributed by atoms with Gasteiger partial charge in [0.2, 0.25) is 11.8 Å². The second-order valence-corrected chi connectivity index (χ2v) is 10.3. The number of piperidine rings is 1. The fourth-order valence-corrected chi connectivity index (χ4v) is 6.09. The zero-order chi connectivity index (χ0) is 23.4. The molecule has 2 aromatic rings. The minimum atomic E-state index is -0.843. The lowest BCUT2D eigenvalue weighted by atomic mass is 9.52. The first-order valence-corrected chi connectivity index (χ1v) is 12.3. The SMILES string of the molecule is O=C1CCC(N2Cc3ccc(CNc4nnc(C5CC6(CCC6)C5)o4)cc3C2=O)C(=O)N1SF. The Bertz CT molecular complexity index is 1170. The molecular weight excluding hydrogens is 461 g/mol. The van der Waals surface area contributed by atoms with Crippen molar-refractivity contribution in [1.29, 1.82) is 0 Å². The van der Waals surface area contributed by atoms with E-state index in [2.05, 4.69) is 15.5 Å². The van der Waals surface area contributed by atoms with Crippen LogP contribution < -0.4 is 5.32 Å². The number of aromatic nitrogens is 2. The van der Waals surface area contributed by atoms with Crippen LogP contribution in [-0.2, 0) is 22.7 Å². The minimum absolute atomic E-state index is 0.0244. The van der Waals surface area contributed by atoms with Crippen LogP contribution in [0.25, 0.3) is 0 Å². The molecule has 2 aliphatic carbocycles. The average molecular weight is 486 g/mol. The van der Waals surface area contributed by atoms with Gasteiger partial charge in [0.05, 0.1) is 0 Å². The summed E-state index contributed by atoms with van der Waals surface area (Å²) in [5.74, 6) is -0.500. The Labute approximate surface area is 199 Å². The molecule has 178 valence electrons. The second-order valence-electron chi connectivity index (χ2n) is 9.83. The van der Waals surface area contributed by atoms with Crippen molar-refractivity contribution in [2.45, 2.75) is 70.0 Å². The third-order valence-electron chi connectivity index (χ3n) is 7.80. The van der Waals surface area contributed by atoms with Crippen molar-refractivity contribution in [3.63, 3.8) is 0 Å². The third kappa shape index (κ3) is 3.48. The van der Waals surface area contributed by atoms with E-state index in [0.29, 0.717) is 39.7 Å². The van der Waals surface area contributed by atoms with Gasteiger partial charge in [0.15, 0.2) is 12.3 Å². The van der Waals surface area contributed by atoms with E-state index >= 15 is 0 Å². The minimum Gasteiger partial charge on any atom is -0.408 e. The van der Waals surface area contributed by atoms with Crippen LogP contribution in [0.4, 0.5) is 9.90 Å². The van der Waals surface area contributed by atoms with E-state index < -0.39 is 30.2 Å². The van der Waals surface area contributed by atoms with Crippen LogP contribution in [0.15, 0.2) is 22.6 Å².